The Kier molecular flexibility index (Phi) is 8.43. The molecule has 0 aromatic rings. The smallest absolute Gasteiger partial charge is 0.300 e. The van der Waals surface area contributed by atoms with Gasteiger partial charge in [-0.1, -0.05) is 34.1 Å². The number of hydrogen-bond donors (Lipinski definition) is 0. The molecule has 0 aliphatic rings. The van der Waals surface area contributed by atoms with Crippen molar-refractivity contribution in [1.29, 1.82) is 0 Å². The van der Waals surface area contributed by atoms with Gasteiger partial charge >= 0.3 is 12.9 Å². The maximum absolute atomic E-state index is 8.95. The molecule has 0 saturated carbocycles. The van der Waals surface area contributed by atoms with Crippen LogP contribution in [0.2, 0.25) is 0 Å². The van der Waals surface area contributed by atoms with Crippen LogP contribution in [0.4, 0.5) is 0 Å². The van der Waals surface area contributed by atoms with Gasteiger partial charge in [-0.15, -0.1) is 0 Å². The first-order valence-corrected chi connectivity index (χ1v) is 3.50. The van der Waals surface area contributed by atoms with Crippen LogP contribution in [-0.4, -0.2) is 12.9 Å². The van der Waals surface area contributed by atoms with Gasteiger partial charge in [0.15, 0.2) is 0 Å². The third-order valence-corrected chi connectivity index (χ3v) is 1.17. The summed E-state index contributed by atoms with van der Waals surface area (Å²) in [4.78, 5) is 17.9. The molecule has 0 spiro atoms. The lowest BCUT2D eigenvalue weighted by Crippen LogP contribution is -2.00. The lowest BCUT2D eigenvalue weighted by atomic mass is 9.94. The number of ether oxygens (including phenoxy) is 1. The van der Waals surface area contributed by atoms with Crippen molar-refractivity contribution in [3.05, 3.63) is 0 Å². The van der Waals surface area contributed by atoms with E-state index in [1.54, 1.807) is 0 Å². The van der Waals surface area contributed by atoms with E-state index in [1.807, 2.05) is 0 Å². The quantitative estimate of drug-likeness (QED) is 0.456. The highest BCUT2D eigenvalue weighted by Gasteiger charge is 2.03. The Morgan fingerprint density at radius 1 is 1.18 bits per heavy atom. The van der Waals surface area contributed by atoms with Crippen molar-refractivity contribution in [3.63, 3.8) is 0 Å². The molecule has 0 saturated heterocycles. The molecule has 0 amide bonds. The monoisotopic (exact) mass is 160 g/mol. The van der Waals surface area contributed by atoms with Gasteiger partial charge in [0.1, 0.15) is 0 Å². The molecule has 0 aliphatic heterocycles. The highest BCUT2D eigenvalue weighted by molar-refractivity contribution is 5.55. The third-order valence-electron chi connectivity index (χ3n) is 1.17. The van der Waals surface area contributed by atoms with Gasteiger partial charge in [0, 0.05) is 0 Å². The van der Waals surface area contributed by atoms with E-state index in [0.717, 1.165) is 0 Å². The summed E-state index contributed by atoms with van der Waals surface area (Å²) < 4.78 is 3.47. The normalized spacial score (nSPS) is 9.09. The lowest BCUT2D eigenvalue weighted by molar-refractivity contribution is -0.141. The molecule has 0 fully saturated rings. The number of carbonyl (C=O) groups excluding carboxylic acids is 2. The molecule has 0 aliphatic carbocycles. The topological polar surface area (TPSA) is 43.4 Å². The largest absolute Gasteiger partial charge is 0.398 e. The molecule has 3 heteroatoms. The lowest BCUT2D eigenvalue weighted by Gasteiger charge is -2.12. The first kappa shape index (κ1) is 12.8. The van der Waals surface area contributed by atoms with E-state index < -0.39 is 0 Å². The molecule has 0 atom stereocenters. The third kappa shape index (κ3) is 27.2. The summed E-state index contributed by atoms with van der Waals surface area (Å²) in [7, 11) is 0. The molecule has 0 rings (SSSR count). The predicted octanol–water partition coefficient (Wildman–Crippen LogP) is 1.76. The summed E-state index contributed by atoms with van der Waals surface area (Å²) in [6.45, 7) is 9.06. The van der Waals surface area contributed by atoms with Gasteiger partial charge in [-0.3, -0.25) is 9.59 Å². The van der Waals surface area contributed by atoms with Crippen LogP contribution in [0.5, 0.6) is 0 Å². The van der Waals surface area contributed by atoms with Crippen LogP contribution in [0.25, 0.3) is 0 Å². The highest BCUT2D eigenvalue weighted by atomic mass is 16.6. The van der Waals surface area contributed by atoms with Crippen LogP contribution in [0.1, 0.15) is 34.1 Å². The Morgan fingerprint density at radius 3 is 1.45 bits per heavy atom. The van der Waals surface area contributed by atoms with Crippen LogP contribution in [0, 0.1) is 5.41 Å². The Labute approximate surface area is 67.7 Å². The van der Waals surface area contributed by atoms with E-state index in [9.17, 15) is 0 Å². The number of carbonyl (C=O) groups is 2. The van der Waals surface area contributed by atoms with Crippen molar-refractivity contribution in [2.45, 2.75) is 34.1 Å². The van der Waals surface area contributed by atoms with E-state index in [-0.39, 0.29) is 12.9 Å². The van der Waals surface area contributed by atoms with Crippen LogP contribution < -0.4 is 0 Å². The average molecular weight is 160 g/mol. The van der Waals surface area contributed by atoms with Gasteiger partial charge in [0.25, 0.3) is 0 Å². The van der Waals surface area contributed by atoms with Crippen molar-refractivity contribution in [2.24, 2.45) is 5.41 Å². The summed E-state index contributed by atoms with van der Waals surface area (Å²) >= 11 is 0. The van der Waals surface area contributed by atoms with E-state index in [2.05, 4.69) is 32.4 Å². The molecule has 3 nitrogen and oxygen atoms in total. The van der Waals surface area contributed by atoms with Gasteiger partial charge in [0.2, 0.25) is 0 Å². The molecular weight excluding hydrogens is 144 g/mol. The second-order valence-corrected chi connectivity index (χ2v) is 3.24. The Morgan fingerprint density at radius 2 is 1.45 bits per heavy atom. The van der Waals surface area contributed by atoms with Crippen LogP contribution in [0.15, 0.2) is 0 Å². The maximum Gasteiger partial charge on any atom is 0.300 e. The van der Waals surface area contributed by atoms with Crippen LogP contribution in [0.3, 0.4) is 0 Å². The molecule has 11 heavy (non-hydrogen) atoms. The van der Waals surface area contributed by atoms with Gasteiger partial charge in [-0.2, -0.15) is 0 Å². The molecule has 0 N–H and O–H groups in total. The zero-order chi connectivity index (χ0) is 9.33. The van der Waals surface area contributed by atoms with E-state index >= 15 is 0 Å². The summed E-state index contributed by atoms with van der Waals surface area (Å²) in [6, 6.07) is 0. The average Bonchev–Trinajstić information content (AvgIpc) is 1.90. The summed E-state index contributed by atoms with van der Waals surface area (Å²) in [6.07, 6.45) is 1.27. The van der Waals surface area contributed by atoms with Crippen LogP contribution in [-0.2, 0) is 14.3 Å². The molecule has 0 radical (unpaired) electrons. The minimum Gasteiger partial charge on any atom is -0.398 e. The molecule has 66 valence electrons. The molecule has 0 aromatic heterocycles. The maximum atomic E-state index is 8.95. The van der Waals surface area contributed by atoms with Crippen molar-refractivity contribution in [2.75, 3.05) is 0 Å². The minimum absolute atomic E-state index is 0.0625. The van der Waals surface area contributed by atoms with Gasteiger partial charge in [-0.25, -0.2) is 0 Å². The van der Waals surface area contributed by atoms with E-state index in [0.29, 0.717) is 5.41 Å². The number of hydrogen-bond acceptors (Lipinski definition) is 3. The Hall–Kier alpha value is -0.860. The molecule has 0 aromatic carbocycles. The number of rotatable bonds is 2. The van der Waals surface area contributed by atoms with Gasteiger partial charge in [-0.05, 0) is 5.41 Å². The van der Waals surface area contributed by atoms with Crippen LogP contribution >= 0.6 is 0 Å². The summed E-state index contributed by atoms with van der Waals surface area (Å²) in [5, 5.41) is 0. The Balaban J connectivity index is 0. The summed E-state index contributed by atoms with van der Waals surface area (Å²) in [5.41, 5.74) is 0.542. The fourth-order valence-electron chi connectivity index (χ4n) is 0.0227. The van der Waals surface area contributed by atoms with Crippen molar-refractivity contribution in [3.8, 4) is 0 Å². The fourth-order valence-corrected chi connectivity index (χ4v) is 0.0227. The fraction of sp³-hybridized carbons (Fsp3) is 0.750. The van der Waals surface area contributed by atoms with Gasteiger partial charge < -0.3 is 4.74 Å². The van der Waals surface area contributed by atoms with Gasteiger partial charge in [0.05, 0.1) is 0 Å². The minimum atomic E-state index is 0.0625. The second kappa shape index (κ2) is 7.25. The van der Waals surface area contributed by atoms with E-state index in [4.69, 9.17) is 9.59 Å². The standard InChI is InChI=1S/C6H14.C2H2O3/c1-5-6(2,3)4;3-1-5-2-4/h5H2,1-4H3;1-2H. The first-order valence-electron chi connectivity index (χ1n) is 3.50. The summed E-state index contributed by atoms with van der Waals surface area (Å²) in [5.74, 6) is 0. The zero-order valence-corrected chi connectivity index (χ0v) is 7.59. The van der Waals surface area contributed by atoms with Crippen molar-refractivity contribution >= 4 is 12.9 Å². The highest BCUT2D eigenvalue weighted by Crippen LogP contribution is 2.16. The predicted molar refractivity (Wildman–Crippen MR) is 43.0 cm³/mol. The van der Waals surface area contributed by atoms with E-state index in [1.165, 1.54) is 6.42 Å². The molecule has 0 heterocycles. The Bertz CT molecular complexity index is 96.4. The molecule has 0 unspecified atom stereocenters. The SMILES string of the molecule is CCC(C)(C)C.O=COC=O. The zero-order valence-electron chi connectivity index (χ0n) is 7.59. The van der Waals surface area contributed by atoms with Crippen molar-refractivity contribution in [1.82, 2.24) is 0 Å². The molecular formula is C8H16O3. The first-order chi connectivity index (χ1) is 4.97. The molecule has 0 bridgehead atoms. The van der Waals surface area contributed by atoms with Crippen molar-refractivity contribution < 1.29 is 14.3 Å². The second-order valence-electron chi connectivity index (χ2n) is 3.24.